The second-order valence-electron chi connectivity index (χ2n) is 4.17. The van der Waals surface area contributed by atoms with Crippen molar-refractivity contribution < 1.29 is 9.72 Å². The van der Waals surface area contributed by atoms with Gasteiger partial charge in [0.15, 0.2) is 0 Å². The normalized spacial score (nSPS) is 17.5. The molecular weight excluding hydrogens is 250 g/mol. The van der Waals surface area contributed by atoms with Crippen LogP contribution in [0.2, 0.25) is 0 Å². The molecule has 0 aromatic heterocycles. The van der Waals surface area contributed by atoms with E-state index in [-0.39, 0.29) is 24.1 Å². The fraction of sp³-hybridized carbons (Fsp3) is 0.273. The van der Waals surface area contributed by atoms with Crippen molar-refractivity contribution in [1.82, 2.24) is 10.9 Å². The van der Waals surface area contributed by atoms with Crippen LogP contribution in [0, 0.1) is 10.1 Å². The van der Waals surface area contributed by atoms with Crippen molar-refractivity contribution >= 4 is 17.3 Å². The summed E-state index contributed by atoms with van der Waals surface area (Å²) in [6.45, 7) is 0. The van der Waals surface area contributed by atoms with Gasteiger partial charge >= 0.3 is 0 Å². The molecule has 19 heavy (non-hydrogen) atoms. The topological polar surface area (TPSA) is 123 Å². The lowest BCUT2D eigenvalue weighted by atomic mass is 10.0. The lowest BCUT2D eigenvalue weighted by Gasteiger charge is -2.07. The Morgan fingerprint density at radius 3 is 3.11 bits per heavy atom. The zero-order valence-corrected chi connectivity index (χ0v) is 10.00. The minimum absolute atomic E-state index is 0.0170. The smallest absolute Gasteiger partial charge is 0.270 e. The van der Waals surface area contributed by atoms with Crippen LogP contribution in [0.4, 0.5) is 5.69 Å². The number of hydrazine groups is 1. The van der Waals surface area contributed by atoms with Crippen LogP contribution in [0.1, 0.15) is 18.4 Å². The standard InChI is InChI=1S/C11H13N5O3/c12-13-11(17)6-8-5-10(15-14-8)7-2-1-3-9(4-7)16(18)19/h1-4,8,14H,5-6,12H2,(H,13,17)/t8-/m1/s1. The van der Waals surface area contributed by atoms with Gasteiger partial charge in [-0.1, -0.05) is 12.1 Å². The third-order valence-electron chi connectivity index (χ3n) is 2.80. The fourth-order valence-electron chi connectivity index (χ4n) is 1.88. The minimum Gasteiger partial charge on any atom is -0.306 e. The number of rotatable bonds is 4. The van der Waals surface area contributed by atoms with Gasteiger partial charge in [-0.05, 0) is 0 Å². The summed E-state index contributed by atoms with van der Waals surface area (Å²) in [6.07, 6.45) is 0.729. The number of hydrogen-bond acceptors (Lipinski definition) is 6. The SMILES string of the molecule is NNC(=O)C[C@H]1CC(c2cccc([N+](=O)[O-])c2)=NN1. The van der Waals surface area contributed by atoms with Gasteiger partial charge in [0.1, 0.15) is 0 Å². The van der Waals surface area contributed by atoms with Gasteiger partial charge in [0.25, 0.3) is 5.69 Å². The molecule has 0 saturated carbocycles. The van der Waals surface area contributed by atoms with E-state index in [1.807, 2.05) is 0 Å². The number of benzene rings is 1. The van der Waals surface area contributed by atoms with E-state index < -0.39 is 4.92 Å². The molecular formula is C11H13N5O3. The molecule has 1 atom stereocenters. The Balaban J connectivity index is 2.06. The summed E-state index contributed by atoms with van der Waals surface area (Å²) >= 11 is 0. The van der Waals surface area contributed by atoms with Gasteiger partial charge in [0.2, 0.25) is 5.91 Å². The zero-order chi connectivity index (χ0) is 13.8. The van der Waals surface area contributed by atoms with Crippen LogP contribution in [0.15, 0.2) is 29.4 Å². The highest BCUT2D eigenvalue weighted by Gasteiger charge is 2.22. The number of nitrogens with one attached hydrogen (secondary N) is 2. The highest BCUT2D eigenvalue weighted by atomic mass is 16.6. The maximum atomic E-state index is 11.1. The first-order valence-electron chi connectivity index (χ1n) is 5.66. The first kappa shape index (κ1) is 13.0. The second kappa shape index (κ2) is 5.44. The summed E-state index contributed by atoms with van der Waals surface area (Å²) in [5.41, 5.74) is 6.26. The van der Waals surface area contributed by atoms with E-state index in [9.17, 15) is 14.9 Å². The summed E-state index contributed by atoms with van der Waals surface area (Å²) in [7, 11) is 0. The Bertz CT molecular complexity index is 543. The van der Waals surface area contributed by atoms with E-state index in [0.717, 1.165) is 0 Å². The maximum Gasteiger partial charge on any atom is 0.270 e. The van der Waals surface area contributed by atoms with Crippen molar-refractivity contribution in [3.05, 3.63) is 39.9 Å². The number of hydrogen-bond donors (Lipinski definition) is 3. The number of amides is 1. The summed E-state index contributed by atoms with van der Waals surface area (Å²) in [5.74, 6) is 4.73. The van der Waals surface area contributed by atoms with E-state index in [1.54, 1.807) is 12.1 Å². The molecule has 0 spiro atoms. The lowest BCUT2D eigenvalue weighted by molar-refractivity contribution is -0.384. The van der Waals surface area contributed by atoms with Gasteiger partial charge < -0.3 is 5.43 Å². The number of carbonyl (C=O) groups excluding carboxylic acids is 1. The highest BCUT2D eigenvalue weighted by Crippen LogP contribution is 2.18. The number of hydrazone groups is 1. The van der Waals surface area contributed by atoms with Gasteiger partial charge in [-0.3, -0.25) is 20.3 Å². The molecule has 0 aliphatic carbocycles. The molecule has 1 aliphatic rings. The Morgan fingerprint density at radius 2 is 2.42 bits per heavy atom. The van der Waals surface area contributed by atoms with Crippen molar-refractivity contribution in [3.63, 3.8) is 0 Å². The van der Waals surface area contributed by atoms with Gasteiger partial charge in [0.05, 0.1) is 23.1 Å². The van der Waals surface area contributed by atoms with E-state index in [4.69, 9.17) is 5.84 Å². The molecule has 100 valence electrons. The molecule has 0 unspecified atom stereocenters. The number of nitro groups is 1. The van der Waals surface area contributed by atoms with Crippen LogP contribution in [-0.4, -0.2) is 22.6 Å². The molecule has 0 saturated heterocycles. The summed E-state index contributed by atoms with van der Waals surface area (Å²) in [5, 5.41) is 14.8. The summed E-state index contributed by atoms with van der Waals surface area (Å²) < 4.78 is 0. The van der Waals surface area contributed by atoms with Gasteiger partial charge in [0, 0.05) is 24.1 Å². The predicted molar refractivity (Wildman–Crippen MR) is 68.1 cm³/mol. The largest absolute Gasteiger partial charge is 0.306 e. The average Bonchev–Trinajstić information content (AvgIpc) is 2.87. The highest BCUT2D eigenvalue weighted by molar-refractivity contribution is 6.02. The predicted octanol–water partition coefficient (Wildman–Crippen LogP) is 0.0408. The molecule has 1 heterocycles. The van der Waals surface area contributed by atoms with Crippen molar-refractivity contribution in [2.24, 2.45) is 10.9 Å². The van der Waals surface area contributed by atoms with Crippen molar-refractivity contribution in [2.75, 3.05) is 0 Å². The molecule has 8 nitrogen and oxygen atoms in total. The number of nitrogens with two attached hydrogens (primary N) is 1. The van der Waals surface area contributed by atoms with Crippen molar-refractivity contribution in [2.45, 2.75) is 18.9 Å². The van der Waals surface area contributed by atoms with Crippen LogP contribution in [0.25, 0.3) is 0 Å². The Hall–Kier alpha value is -2.48. The quantitative estimate of drug-likeness (QED) is 0.306. The molecule has 8 heteroatoms. The average molecular weight is 263 g/mol. The molecule has 0 fully saturated rings. The van der Waals surface area contributed by atoms with Crippen LogP contribution in [-0.2, 0) is 4.79 Å². The van der Waals surface area contributed by atoms with Crippen LogP contribution in [0.3, 0.4) is 0 Å². The second-order valence-corrected chi connectivity index (χ2v) is 4.17. The van der Waals surface area contributed by atoms with Crippen LogP contribution < -0.4 is 16.7 Å². The number of nitrogens with zero attached hydrogens (tertiary/aromatic N) is 2. The zero-order valence-electron chi connectivity index (χ0n) is 10.00. The van der Waals surface area contributed by atoms with Gasteiger partial charge in [-0.2, -0.15) is 5.10 Å². The molecule has 1 amide bonds. The molecule has 2 rings (SSSR count). The third-order valence-corrected chi connectivity index (χ3v) is 2.80. The molecule has 1 aromatic carbocycles. The maximum absolute atomic E-state index is 11.1. The minimum atomic E-state index is -0.453. The van der Waals surface area contributed by atoms with Crippen LogP contribution in [0.5, 0.6) is 0 Å². The van der Waals surface area contributed by atoms with Gasteiger partial charge in [-0.15, -0.1) is 0 Å². The summed E-state index contributed by atoms with van der Waals surface area (Å²) in [6, 6.07) is 6.10. The Kier molecular flexibility index (Phi) is 3.71. The fourth-order valence-corrected chi connectivity index (χ4v) is 1.88. The lowest BCUT2D eigenvalue weighted by Crippen LogP contribution is -2.35. The first-order chi connectivity index (χ1) is 9.10. The molecule has 0 bridgehead atoms. The Morgan fingerprint density at radius 1 is 1.63 bits per heavy atom. The van der Waals surface area contributed by atoms with E-state index >= 15 is 0 Å². The van der Waals surface area contributed by atoms with Crippen molar-refractivity contribution in [3.8, 4) is 0 Å². The molecule has 0 radical (unpaired) electrons. The van der Waals surface area contributed by atoms with E-state index in [1.165, 1.54) is 12.1 Å². The van der Waals surface area contributed by atoms with Crippen LogP contribution >= 0.6 is 0 Å². The third kappa shape index (κ3) is 3.05. The molecule has 4 N–H and O–H groups in total. The number of non-ortho nitro benzene ring substituents is 1. The monoisotopic (exact) mass is 263 g/mol. The summed E-state index contributed by atoms with van der Waals surface area (Å²) in [4.78, 5) is 21.4. The molecule has 1 aliphatic heterocycles. The Labute approximate surface area is 108 Å². The van der Waals surface area contributed by atoms with Crippen molar-refractivity contribution in [1.29, 1.82) is 0 Å². The van der Waals surface area contributed by atoms with Gasteiger partial charge in [-0.25, -0.2) is 5.84 Å². The number of carbonyl (C=O) groups is 1. The van der Waals surface area contributed by atoms with E-state index in [0.29, 0.717) is 17.7 Å². The number of nitro benzene ring substituents is 1. The first-order valence-corrected chi connectivity index (χ1v) is 5.66. The molecule has 1 aromatic rings. The van der Waals surface area contributed by atoms with E-state index in [2.05, 4.69) is 16.0 Å².